The summed E-state index contributed by atoms with van der Waals surface area (Å²) >= 11 is 0. The minimum atomic E-state index is -2.57. The zero-order chi connectivity index (χ0) is 5.49. The first kappa shape index (κ1) is 4.68. The smallest absolute Gasteiger partial charge is 0.281 e. The van der Waals surface area contributed by atoms with E-state index in [2.05, 4.69) is 4.99 Å². The molecule has 0 N–H and O–H groups in total. The molecular formula is C4H5F2N. The highest BCUT2D eigenvalue weighted by atomic mass is 19.3. The van der Waals surface area contributed by atoms with E-state index in [1.165, 1.54) is 6.92 Å². The van der Waals surface area contributed by atoms with Crippen molar-refractivity contribution >= 4 is 5.71 Å². The molecule has 1 heterocycles. The lowest BCUT2D eigenvalue weighted by Crippen LogP contribution is -2.38. The van der Waals surface area contributed by atoms with Crippen LogP contribution in [0.25, 0.3) is 0 Å². The van der Waals surface area contributed by atoms with Crippen molar-refractivity contribution in [3.63, 3.8) is 0 Å². The van der Waals surface area contributed by atoms with Crippen LogP contribution < -0.4 is 0 Å². The topological polar surface area (TPSA) is 12.4 Å². The fraction of sp³-hybridized carbons (Fsp3) is 0.750. The van der Waals surface area contributed by atoms with Crippen molar-refractivity contribution in [2.75, 3.05) is 6.54 Å². The molecule has 1 aliphatic heterocycles. The van der Waals surface area contributed by atoms with E-state index in [4.69, 9.17) is 0 Å². The number of nitrogens with zero attached hydrogens (tertiary/aromatic N) is 1. The standard InChI is InChI=1S/C4H5F2N/c1-3-4(5,6)2-7-3/h2H2,1H3. The molecule has 40 valence electrons. The second kappa shape index (κ2) is 1.02. The van der Waals surface area contributed by atoms with E-state index in [-0.39, 0.29) is 12.3 Å². The molecule has 0 unspecified atom stereocenters. The number of aliphatic imine (C=N–C) groups is 1. The molecule has 0 atom stereocenters. The van der Waals surface area contributed by atoms with Crippen LogP contribution in [0.1, 0.15) is 6.92 Å². The summed E-state index contributed by atoms with van der Waals surface area (Å²) in [7, 11) is 0. The van der Waals surface area contributed by atoms with Crippen LogP contribution in [0, 0.1) is 0 Å². The van der Waals surface area contributed by atoms with Gasteiger partial charge in [-0.05, 0) is 6.92 Å². The molecule has 1 nitrogen and oxygen atoms in total. The Labute approximate surface area is 40.1 Å². The van der Waals surface area contributed by atoms with Crippen molar-refractivity contribution < 1.29 is 8.78 Å². The summed E-state index contributed by atoms with van der Waals surface area (Å²) in [4.78, 5) is 3.39. The summed E-state index contributed by atoms with van der Waals surface area (Å²) in [6.45, 7) is 1.03. The first-order valence-electron chi connectivity index (χ1n) is 2.02. The number of alkyl halides is 2. The van der Waals surface area contributed by atoms with E-state index in [1.807, 2.05) is 0 Å². The maximum atomic E-state index is 11.8. The number of hydrogen-bond acceptors (Lipinski definition) is 1. The molecule has 0 aromatic carbocycles. The van der Waals surface area contributed by atoms with Gasteiger partial charge in [0.15, 0.2) is 0 Å². The molecule has 1 aliphatic rings. The fourth-order valence-corrected chi connectivity index (χ4v) is 0.357. The third kappa shape index (κ3) is 0.518. The van der Waals surface area contributed by atoms with Crippen LogP contribution in [-0.4, -0.2) is 18.2 Å². The van der Waals surface area contributed by atoms with Gasteiger partial charge in [0, 0.05) is 0 Å². The Bertz CT molecular complexity index is 117. The van der Waals surface area contributed by atoms with E-state index in [0.29, 0.717) is 0 Å². The van der Waals surface area contributed by atoms with Crippen LogP contribution in [0.2, 0.25) is 0 Å². The summed E-state index contributed by atoms with van der Waals surface area (Å²) in [6, 6.07) is 0. The normalized spacial score (nSPS) is 25.9. The van der Waals surface area contributed by atoms with E-state index in [0.717, 1.165) is 0 Å². The van der Waals surface area contributed by atoms with E-state index in [1.54, 1.807) is 0 Å². The Morgan fingerprint density at radius 2 is 2.14 bits per heavy atom. The molecular weight excluding hydrogens is 100 g/mol. The Hall–Kier alpha value is -0.470. The van der Waals surface area contributed by atoms with Crippen LogP contribution in [0.15, 0.2) is 4.99 Å². The zero-order valence-corrected chi connectivity index (χ0v) is 3.91. The highest BCUT2D eigenvalue weighted by molar-refractivity contribution is 5.93. The molecule has 0 saturated heterocycles. The summed E-state index contributed by atoms with van der Waals surface area (Å²) in [5, 5.41) is 0. The zero-order valence-electron chi connectivity index (χ0n) is 3.91. The first-order chi connectivity index (χ1) is 3.13. The van der Waals surface area contributed by atoms with Crippen molar-refractivity contribution in [3.05, 3.63) is 0 Å². The predicted octanol–water partition coefficient (Wildman–Crippen LogP) is 1.10. The maximum Gasteiger partial charge on any atom is 0.304 e. The van der Waals surface area contributed by atoms with Gasteiger partial charge in [0.05, 0.1) is 5.71 Å². The number of rotatable bonds is 0. The average molecular weight is 105 g/mol. The van der Waals surface area contributed by atoms with Gasteiger partial charge in [-0.1, -0.05) is 0 Å². The van der Waals surface area contributed by atoms with Gasteiger partial charge in [0.2, 0.25) is 0 Å². The molecule has 0 bridgehead atoms. The highest BCUT2D eigenvalue weighted by Crippen LogP contribution is 2.23. The van der Waals surface area contributed by atoms with Crippen molar-refractivity contribution in [2.45, 2.75) is 12.8 Å². The summed E-state index contributed by atoms with van der Waals surface area (Å²) in [5.74, 6) is -2.57. The lowest BCUT2D eigenvalue weighted by atomic mass is 10.1. The van der Waals surface area contributed by atoms with E-state index >= 15 is 0 Å². The van der Waals surface area contributed by atoms with Crippen LogP contribution in [0.5, 0.6) is 0 Å². The van der Waals surface area contributed by atoms with Crippen molar-refractivity contribution in [3.8, 4) is 0 Å². The summed E-state index contributed by atoms with van der Waals surface area (Å²) in [5.41, 5.74) is -0.0347. The van der Waals surface area contributed by atoms with Gasteiger partial charge in [-0.2, -0.15) is 8.78 Å². The minimum absolute atomic E-state index is 0.0347. The first-order valence-corrected chi connectivity index (χ1v) is 2.02. The molecule has 0 aliphatic carbocycles. The van der Waals surface area contributed by atoms with Crippen LogP contribution in [0.4, 0.5) is 8.78 Å². The molecule has 0 amide bonds. The van der Waals surface area contributed by atoms with Crippen LogP contribution in [-0.2, 0) is 0 Å². The largest absolute Gasteiger partial charge is 0.304 e. The highest BCUT2D eigenvalue weighted by Gasteiger charge is 2.39. The van der Waals surface area contributed by atoms with Gasteiger partial charge in [0.1, 0.15) is 6.54 Å². The fourth-order valence-electron chi connectivity index (χ4n) is 0.357. The van der Waals surface area contributed by atoms with Gasteiger partial charge < -0.3 is 0 Å². The molecule has 0 aromatic rings. The third-order valence-electron chi connectivity index (χ3n) is 1.04. The molecule has 0 radical (unpaired) electrons. The van der Waals surface area contributed by atoms with Crippen molar-refractivity contribution in [2.24, 2.45) is 4.99 Å². The average Bonchev–Trinajstić information content (AvgIpc) is 1.63. The molecule has 0 aromatic heterocycles. The third-order valence-corrected chi connectivity index (χ3v) is 1.04. The molecule has 0 spiro atoms. The van der Waals surface area contributed by atoms with Crippen LogP contribution >= 0.6 is 0 Å². The van der Waals surface area contributed by atoms with Gasteiger partial charge in [0.25, 0.3) is 0 Å². The second-order valence-electron chi connectivity index (χ2n) is 1.61. The SMILES string of the molecule is CC1=NCC1(F)F. The van der Waals surface area contributed by atoms with Gasteiger partial charge in [-0.15, -0.1) is 0 Å². The summed E-state index contributed by atoms with van der Waals surface area (Å²) in [6.07, 6.45) is 0. The van der Waals surface area contributed by atoms with Gasteiger partial charge >= 0.3 is 5.92 Å². The predicted molar refractivity (Wildman–Crippen MR) is 22.9 cm³/mol. The van der Waals surface area contributed by atoms with E-state index < -0.39 is 5.92 Å². The Balaban J connectivity index is 2.68. The second-order valence-corrected chi connectivity index (χ2v) is 1.61. The Morgan fingerprint density at radius 1 is 1.71 bits per heavy atom. The van der Waals surface area contributed by atoms with Crippen molar-refractivity contribution in [1.29, 1.82) is 0 Å². The molecule has 0 fully saturated rings. The van der Waals surface area contributed by atoms with E-state index in [9.17, 15) is 8.78 Å². The van der Waals surface area contributed by atoms with Gasteiger partial charge in [-0.3, -0.25) is 4.99 Å². The molecule has 3 heteroatoms. The lowest BCUT2D eigenvalue weighted by Gasteiger charge is -2.21. The summed E-state index contributed by atoms with van der Waals surface area (Å²) < 4.78 is 23.6. The van der Waals surface area contributed by atoms with Gasteiger partial charge in [-0.25, -0.2) is 0 Å². The molecule has 7 heavy (non-hydrogen) atoms. The molecule has 0 saturated carbocycles. The lowest BCUT2D eigenvalue weighted by molar-refractivity contribution is 0.0686. The number of hydrogen-bond donors (Lipinski definition) is 0. The maximum absolute atomic E-state index is 11.8. The molecule has 1 rings (SSSR count). The Morgan fingerprint density at radius 3 is 2.14 bits per heavy atom. The minimum Gasteiger partial charge on any atom is -0.281 e. The monoisotopic (exact) mass is 105 g/mol. The van der Waals surface area contributed by atoms with Crippen molar-refractivity contribution in [1.82, 2.24) is 0 Å². The quantitative estimate of drug-likeness (QED) is 0.437. The van der Waals surface area contributed by atoms with Crippen LogP contribution in [0.3, 0.4) is 0 Å². The Kier molecular flexibility index (Phi) is 0.685. The number of halogens is 2.